The SMILES string of the molecule is CCCCCCCCCCCC[C@@H](OC(=O)[C@](OC)(c1ccccc1)C(F)(F)F)[C@H]1CC[C@H]([C@H]2CC[C@@H]([C@@H]3CC[C@@H](CCCCCCCC4=C[C@H](C)OC4=O)O3)OCO2)O1. The lowest BCUT2D eigenvalue weighted by atomic mass is 9.92. The van der Waals surface area contributed by atoms with Crippen LogP contribution >= 0.6 is 0 Å². The number of unbranched alkanes of at least 4 members (excludes halogenated alkanes) is 13. The minimum Gasteiger partial charge on any atom is -0.457 e. The van der Waals surface area contributed by atoms with Crippen molar-refractivity contribution in [2.24, 2.45) is 0 Å². The zero-order chi connectivity index (χ0) is 42.8. The van der Waals surface area contributed by atoms with E-state index in [9.17, 15) is 22.8 Å². The number of rotatable bonds is 26. The monoisotopic (exact) mass is 851 g/mol. The lowest BCUT2D eigenvalue weighted by Crippen LogP contribution is -2.53. The standard InChI is InChI=1S/C48H73F3O9/c1-4-5-6-7-8-9-10-11-15-21-26-41(60-46(53)47(54-3,48(49,50)51)37-23-18-16-19-24-37)44-32-31-43(59-44)40-30-29-39(55-34-56-40)42-28-27-38(58-42)25-20-14-12-13-17-22-36-33-35(2)57-45(36)52/h16,18-19,23-24,33,35,38-44H,4-15,17,20-22,25-32,34H2,1-3H3/t35-,38+,39-,40+,41+,42-,43+,44+,47+/m0/s1. The molecule has 1 aromatic rings. The van der Waals surface area contributed by atoms with Crippen molar-refractivity contribution < 1.29 is 55.9 Å². The molecule has 0 saturated carbocycles. The number of cyclic esters (lactones) is 1. The van der Waals surface area contributed by atoms with Crippen LogP contribution in [0.2, 0.25) is 0 Å². The fraction of sp³-hybridized carbons (Fsp3) is 0.792. The molecule has 0 amide bonds. The van der Waals surface area contributed by atoms with Gasteiger partial charge in [-0.25, -0.2) is 9.59 Å². The number of ether oxygens (including phenoxy) is 7. The molecule has 4 aliphatic rings. The summed E-state index contributed by atoms with van der Waals surface area (Å²) in [6, 6.07) is 6.99. The summed E-state index contributed by atoms with van der Waals surface area (Å²) in [5, 5.41) is 0. The van der Waals surface area contributed by atoms with Crippen LogP contribution in [0.4, 0.5) is 13.2 Å². The van der Waals surface area contributed by atoms with E-state index >= 15 is 0 Å². The minimum atomic E-state index is -5.05. The lowest BCUT2D eigenvalue weighted by molar-refractivity contribution is -0.280. The van der Waals surface area contributed by atoms with E-state index in [1.54, 1.807) is 6.07 Å². The molecule has 0 radical (unpaired) electrons. The Bertz CT molecular complexity index is 1440. The number of methoxy groups -OCH3 is 1. The van der Waals surface area contributed by atoms with E-state index in [-0.39, 0.29) is 54.9 Å². The molecule has 9 nitrogen and oxygen atoms in total. The van der Waals surface area contributed by atoms with Gasteiger partial charge in [-0.2, -0.15) is 13.2 Å². The molecule has 0 bridgehead atoms. The topological polar surface area (TPSA) is 98.8 Å². The Morgan fingerprint density at radius 2 is 1.33 bits per heavy atom. The molecule has 0 unspecified atom stereocenters. The van der Waals surface area contributed by atoms with Crippen molar-refractivity contribution in [1.29, 1.82) is 0 Å². The summed E-state index contributed by atoms with van der Waals surface area (Å²) in [5.74, 6) is -1.63. The van der Waals surface area contributed by atoms with Crippen LogP contribution in [0.3, 0.4) is 0 Å². The number of carbonyl (C=O) groups is 2. The van der Waals surface area contributed by atoms with Gasteiger partial charge in [-0.1, -0.05) is 121 Å². The molecule has 4 aliphatic heterocycles. The first-order chi connectivity index (χ1) is 29.1. The van der Waals surface area contributed by atoms with Gasteiger partial charge in [-0.3, -0.25) is 0 Å². The Balaban J connectivity index is 1.08. The number of benzene rings is 1. The Kier molecular flexibility index (Phi) is 20.2. The zero-order valence-electron chi connectivity index (χ0n) is 36.6. The van der Waals surface area contributed by atoms with Gasteiger partial charge in [0.25, 0.3) is 5.60 Å². The molecule has 3 saturated heterocycles. The van der Waals surface area contributed by atoms with Gasteiger partial charge in [0.15, 0.2) is 0 Å². The van der Waals surface area contributed by atoms with E-state index in [4.69, 9.17) is 33.2 Å². The fourth-order valence-corrected chi connectivity index (χ4v) is 9.55. The van der Waals surface area contributed by atoms with Crippen LogP contribution in [0.1, 0.15) is 174 Å². The van der Waals surface area contributed by atoms with Crippen LogP contribution < -0.4 is 0 Å². The Labute approximate surface area is 357 Å². The van der Waals surface area contributed by atoms with E-state index < -0.39 is 30.0 Å². The molecular formula is C48H73F3O9. The first kappa shape index (κ1) is 48.5. The summed E-state index contributed by atoms with van der Waals surface area (Å²) in [7, 11) is 0.901. The third-order valence-electron chi connectivity index (χ3n) is 13.0. The maximum atomic E-state index is 14.8. The molecule has 60 heavy (non-hydrogen) atoms. The molecule has 9 atom stereocenters. The normalized spacial score (nSPS) is 27.6. The Hall–Kier alpha value is -2.51. The van der Waals surface area contributed by atoms with Crippen molar-refractivity contribution in [3.8, 4) is 0 Å². The van der Waals surface area contributed by atoms with Gasteiger partial charge >= 0.3 is 18.1 Å². The van der Waals surface area contributed by atoms with Gasteiger partial charge in [0.1, 0.15) is 19.0 Å². The lowest BCUT2D eigenvalue weighted by Gasteiger charge is -2.35. The molecule has 0 N–H and O–H groups in total. The molecule has 12 heteroatoms. The summed E-state index contributed by atoms with van der Waals surface area (Å²) in [6.45, 7) is 4.22. The highest BCUT2D eigenvalue weighted by atomic mass is 19.4. The smallest absolute Gasteiger partial charge is 0.432 e. The second kappa shape index (κ2) is 25.0. The third-order valence-corrected chi connectivity index (χ3v) is 13.0. The maximum Gasteiger partial charge on any atom is 0.432 e. The maximum absolute atomic E-state index is 14.8. The van der Waals surface area contributed by atoms with Gasteiger partial charge < -0.3 is 33.2 Å². The van der Waals surface area contributed by atoms with Gasteiger partial charge in [0, 0.05) is 18.2 Å². The van der Waals surface area contributed by atoms with Gasteiger partial charge in [-0.05, 0) is 83.6 Å². The predicted molar refractivity (Wildman–Crippen MR) is 223 cm³/mol. The molecule has 0 aromatic heterocycles. The van der Waals surface area contributed by atoms with Crippen LogP contribution in [-0.4, -0.2) is 80.8 Å². The average Bonchev–Trinajstić information content (AvgIpc) is 3.94. The van der Waals surface area contributed by atoms with E-state index in [2.05, 4.69) is 6.92 Å². The van der Waals surface area contributed by atoms with Crippen LogP contribution in [0.15, 0.2) is 42.0 Å². The fourth-order valence-electron chi connectivity index (χ4n) is 9.55. The molecule has 0 aliphatic carbocycles. The van der Waals surface area contributed by atoms with E-state index in [1.807, 2.05) is 13.0 Å². The van der Waals surface area contributed by atoms with Crippen molar-refractivity contribution >= 4 is 11.9 Å². The largest absolute Gasteiger partial charge is 0.457 e. The molecule has 1 aromatic carbocycles. The first-order valence-electron chi connectivity index (χ1n) is 23.4. The second-order valence-corrected chi connectivity index (χ2v) is 17.5. The van der Waals surface area contributed by atoms with Crippen LogP contribution in [0.5, 0.6) is 0 Å². The quantitative estimate of drug-likeness (QED) is 0.0666. The molecule has 340 valence electrons. The van der Waals surface area contributed by atoms with Crippen LogP contribution in [-0.2, 0) is 48.3 Å². The van der Waals surface area contributed by atoms with Crippen LogP contribution in [0, 0.1) is 0 Å². The first-order valence-corrected chi connectivity index (χ1v) is 23.4. The van der Waals surface area contributed by atoms with Gasteiger partial charge in [0.05, 0.1) is 36.6 Å². The number of carbonyl (C=O) groups excluding carboxylic acids is 2. The molecule has 3 fully saturated rings. The van der Waals surface area contributed by atoms with Gasteiger partial charge in [-0.15, -0.1) is 0 Å². The van der Waals surface area contributed by atoms with E-state index in [0.29, 0.717) is 32.1 Å². The zero-order valence-corrected chi connectivity index (χ0v) is 36.6. The van der Waals surface area contributed by atoms with Crippen molar-refractivity contribution in [2.45, 2.75) is 229 Å². The van der Waals surface area contributed by atoms with Crippen molar-refractivity contribution in [1.82, 2.24) is 0 Å². The summed E-state index contributed by atoms with van der Waals surface area (Å²) < 4.78 is 86.1. The van der Waals surface area contributed by atoms with E-state index in [0.717, 1.165) is 96.2 Å². The summed E-state index contributed by atoms with van der Waals surface area (Å²) in [4.78, 5) is 25.6. The number of hydrogen-bond donors (Lipinski definition) is 0. The molecule has 0 spiro atoms. The van der Waals surface area contributed by atoms with E-state index in [1.165, 1.54) is 62.8 Å². The summed E-state index contributed by atoms with van der Waals surface area (Å²) in [5.41, 5.74) is -2.76. The molecule has 5 rings (SSSR count). The summed E-state index contributed by atoms with van der Waals surface area (Å²) in [6.07, 6.45) is 18.5. The third kappa shape index (κ3) is 14.0. The van der Waals surface area contributed by atoms with Crippen molar-refractivity contribution in [2.75, 3.05) is 13.9 Å². The Morgan fingerprint density at radius 1 is 0.750 bits per heavy atom. The average molecular weight is 851 g/mol. The van der Waals surface area contributed by atoms with Gasteiger partial charge in [0.2, 0.25) is 0 Å². The van der Waals surface area contributed by atoms with Crippen molar-refractivity contribution in [3.05, 3.63) is 47.5 Å². The predicted octanol–water partition coefficient (Wildman–Crippen LogP) is 11.5. The highest BCUT2D eigenvalue weighted by Crippen LogP contribution is 2.44. The molecule has 4 heterocycles. The number of alkyl halides is 3. The minimum absolute atomic E-state index is 0.0144. The molecular weight excluding hydrogens is 778 g/mol. The second-order valence-electron chi connectivity index (χ2n) is 17.5. The number of esters is 2. The van der Waals surface area contributed by atoms with Crippen LogP contribution in [0.25, 0.3) is 0 Å². The highest BCUT2D eigenvalue weighted by Gasteiger charge is 2.64. The summed E-state index contributed by atoms with van der Waals surface area (Å²) >= 11 is 0. The number of halogens is 3. The van der Waals surface area contributed by atoms with Crippen molar-refractivity contribution in [3.63, 3.8) is 0 Å². The Morgan fingerprint density at radius 3 is 1.95 bits per heavy atom. The number of hydrogen-bond acceptors (Lipinski definition) is 9. The highest BCUT2D eigenvalue weighted by molar-refractivity contribution is 5.90.